The first-order chi connectivity index (χ1) is 10.2. The highest BCUT2D eigenvalue weighted by atomic mass is 32.1. The molecule has 1 saturated carbocycles. The lowest BCUT2D eigenvalue weighted by molar-refractivity contribution is -0.123. The first kappa shape index (κ1) is 15.0. The summed E-state index contributed by atoms with van der Waals surface area (Å²) in [7, 11) is 0. The molecule has 3 nitrogen and oxygen atoms in total. The van der Waals surface area contributed by atoms with Crippen molar-refractivity contribution in [3.63, 3.8) is 0 Å². The first-order valence-corrected chi connectivity index (χ1v) is 9.16. The van der Waals surface area contributed by atoms with Crippen molar-refractivity contribution in [2.75, 3.05) is 6.54 Å². The Morgan fingerprint density at radius 1 is 1.48 bits per heavy atom. The summed E-state index contributed by atoms with van der Waals surface area (Å²) in [6.07, 6.45) is 7.31. The van der Waals surface area contributed by atoms with Crippen LogP contribution in [0.25, 0.3) is 0 Å². The highest BCUT2D eigenvalue weighted by Gasteiger charge is 2.38. The third-order valence-electron chi connectivity index (χ3n) is 4.93. The molecular weight excluding hydrogens is 280 g/mol. The van der Waals surface area contributed by atoms with E-state index in [1.807, 2.05) is 0 Å². The highest BCUT2D eigenvalue weighted by Crippen LogP contribution is 2.33. The fourth-order valence-electron chi connectivity index (χ4n) is 3.76. The van der Waals surface area contributed by atoms with Crippen LogP contribution < -0.4 is 10.6 Å². The van der Waals surface area contributed by atoms with E-state index in [4.69, 9.17) is 0 Å². The number of thiophene rings is 1. The molecule has 0 spiro atoms. The standard InChI is InChI=1S/C17H26N2OS/c1-12(9-14-6-4-8-21-14)11-18-17(20)16-10-13-5-2-3-7-15(13)19-16/h4,6,8,12-13,15-16,19H,2-3,5,7,9-11H2,1H3,(H,18,20). The summed E-state index contributed by atoms with van der Waals surface area (Å²) in [4.78, 5) is 13.7. The van der Waals surface area contributed by atoms with Gasteiger partial charge < -0.3 is 10.6 Å². The summed E-state index contributed by atoms with van der Waals surface area (Å²) < 4.78 is 0. The lowest BCUT2D eigenvalue weighted by atomic mass is 9.85. The van der Waals surface area contributed by atoms with E-state index in [0.717, 1.165) is 25.3 Å². The molecule has 116 valence electrons. The minimum absolute atomic E-state index is 0.0482. The van der Waals surface area contributed by atoms with Gasteiger partial charge in [0.05, 0.1) is 6.04 Å². The van der Waals surface area contributed by atoms with Gasteiger partial charge >= 0.3 is 0 Å². The van der Waals surface area contributed by atoms with Crippen LogP contribution in [-0.4, -0.2) is 24.5 Å². The average Bonchev–Trinajstić information content (AvgIpc) is 3.13. The second kappa shape index (κ2) is 6.93. The molecule has 4 atom stereocenters. The molecule has 0 radical (unpaired) electrons. The van der Waals surface area contributed by atoms with Gasteiger partial charge in [-0.3, -0.25) is 4.79 Å². The summed E-state index contributed by atoms with van der Waals surface area (Å²) in [5, 5.41) is 8.82. The fourth-order valence-corrected chi connectivity index (χ4v) is 4.63. The van der Waals surface area contributed by atoms with Gasteiger partial charge in [-0.15, -0.1) is 11.3 Å². The van der Waals surface area contributed by atoms with Crippen LogP contribution in [0.4, 0.5) is 0 Å². The Balaban J connectivity index is 1.42. The van der Waals surface area contributed by atoms with Crippen molar-refractivity contribution in [2.24, 2.45) is 11.8 Å². The molecule has 1 aliphatic heterocycles. The molecule has 1 aromatic rings. The number of fused-ring (bicyclic) bond motifs is 1. The van der Waals surface area contributed by atoms with Crippen LogP contribution in [0.1, 0.15) is 43.9 Å². The molecule has 2 heterocycles. The van der Waals surface area contributed by atoms with Gasteiger partial charge in [0.2, 0.25) is 5.91 Å². The molecule has 1 aromatic heterocycles. The zero-order chi connectivity index (χ0) is 14.7. The molecule has 1 saturated heterocycles. The van der Waals surface area contributed by atoms with Crippen molar-refractivity contribution in [3.05, 3.63) is 22.4 Å². The molecule has 2 N–H and O–H groups in total. The van der Waals surface area contributed by atoms with Crippen LogP contribution in [0.15, 0.2) is 17.5 Å². The number of rotatable bonds is 5. The predicted molar refractivity (Wildman–Crippen MR) is 87.5 cm³/mol. The molecule has 3 rings (SSSR count). The van der Waals surface area contributed by atoms with E-state index in [2.05, 4.69) is 35.1 Å². The number of hydrogen-bond donors (Lipinski definition) is 2. The van der Waals surface area contributed by atoms with Gasteiger partial charge in [-0.05, 0) is 49.0 Å². The Labute approximate surface area is 131 Å². The quantitative estimate of drug-likeness (QED) is 0.878. The average molecular weight is 306 g/mol. The van der Waals surface area contributed by atoms with E-state index in [9.17, 15) is 4.79 Å². The van der Waals surface area contributed by atoms with Gasteiger partial charge in [0.25, 0.3) is 0 Å². The monoisotopic (exact) mass is 306 g/mol. The van der Waals surface area contributed by atoms with E-state index >= 15 is 0 Å². The number of nitrogens with one attached hydrogen (secondary N) is 2. The van der Waals surface area contributed by atoms with E-state index in [-0.39, 0.29) is 11.9 Å². The number of carbonyl (C=O) groups excluding carboxylic acids is 1. The van der Waals surface area contributed by atoms with E-state index < -0.39 is 0 Å². The smallest absolute Gasteiger partial charge is 0.237 e. The van der Waals surface area contributed by atoms with Crippen molar-refractivity contribution >= 4 is 17.2 Å². The lowest BCUT2D eigenvalue weighted by Crippen LogP contribution is -2.44. The Morgan fingerprint density at radius 2 is 2.33 bits per heavy atom. The van der Waals surface area contributed by atoms with Crippen molar-refractivity contribution < 1.29 is 4.79 Å². The molecule has 21 heavy (non-hydrogen) atoms. The Hall–Kier alpha value is -0.870. The number of amides is 1. The zero-order valence-electron chi connectivity index (χ0n) is 12.8. The summed E-state index contributed by atoms with van der Waals surface area (Å²) in [6, 6.07) is 4.91. The normalized spacial score (nSPS) is 29.9. The summed E-state index contributed by atoms with van der Waals surface area (Å²) in [6.45, 7) is 2.99. The minimum Gasteiger partial charge on any atom is -0.354 e. The van der Waals surface area contributed by atoms with E-state index in [0.29, 0.717) is 12.0 Å². The van der Waals surface area contributed by atoms with Crippen LogP contribution >= 0.6 is 11.3 Å². The third kappa shape index (κ3) is 3.86. The topological polar surface area (TPSA) is 41.1 Å². The molecule has 0 bridgehead atoms. The van der Waals surface area contributed by atoms with Gasteiger partial charge in [0.15, 0.2) is 0 Å². The SMILES string of the molecule is CC(CNC(=O)C1CC2CCCCC2N1)Cc1cccs1. The Morgan fingerprint density at radius 3 is 3.10 bits per heavy atom. The second-order valence-corrected chi connectivity index (χ2v) is 7.77. The van der Waals surface area contributed by atoms with Gasteiger partial charge in [0.1, 0.15) is 0 Å². The lowest BCUT2D eigenvalue weighted by Gasteiger charge is -2.24. The largest absolute Gasteiger partial charge is 0.354 e. The number of carbonyl (C=O) groups is 1. The van der Waals surface area contributed by atoms with Crippen LogP contribution in [0, 0.1) is 11.8 Å². The first-order valence-electron chi connectivity index (χ1n) is 8.28. The maximum atomic E-state index is 12.3. The van der Waals surface area contributed by atoms with E-state index in [1.54, 1.807) is 11.3 Å². The van der Waals surface area contributed by atoms with Crippen LogP contribution in [0.5, 0.6) is 0 Å². The third-order valence-corrected chi connectivity index (χ3v) is 5.83. The maximum absolute atomic E-state index is 12.3. The zero-order valence-corrected chi connectivity index (χ0v) is 13.6. The molecule has 2 aliphatic rings. The van der Waals surface area contributed by atoms with Crippen molar-refractivity contribution in [1.82, 2.24) is 10.6 Å². The van der Waals surface area contributed by atoms with Crippen molar-refractivity contribution in [2.45, 2.75) is 57.5 Å². The van der Waals surface area contributed by atoms with Crippen molar-refractivity contribution in [3.8, 4) is 0 Å². The molecule has 1 aliphatic carbocycles. The molecule has 0 aromatic carbocycles. The second-order valence-electron chi connectivity index (χ2n) is 6.74. The maximum Gasteiger partial charge on any atom is 0.237 e. The summed E-state index contributed by atoms with van der Waals surface area (Å²) >= 11 is 1.80. The Kier molecular flexibility index (Phi) is 4.96. The Bertz CT molecular complexity index is 445. The molecule has 2 fully saturated rings. The molecule has 1 amide bonds. The highest BCUT2D eigenvalue weighted by molar-refractivity contribution is 7.09. The van der Waals surface area contributed by atoms with Gasteiger partial charge in [-0.25, -0.2) is 0 Å². The van der Waals surface area contributed by atoms with Gasteiger partial charge in [0, 0.05) is 17.5 Å². The predicted octanol–water partition coefficient (Wildman–Crippen LogP) is 2.96. The van der Waals surface area contributed by atoms with E-state index in [1.165, 1.54) is 30.6 Å². The van der Waals surface area contributed by atoms with Crippen LogP contribution in [0.3, 0.4) is 0 Å². The van der Waals surface area contributed by atoms with Crippen LogP contribution in [0.2, 0.25) is 0 Å². The summed E-state index contributed by atoms with van der Waals surface area (Å²) in [5.74, 6) is 1.44. The minimum atomic E-state index is 0.0482. The molecule has 4 unspecified atom stereocenters. The van der Waals surface area contributed by atoms with Gasteiger partial charge in [-0.1, -0.05) is 25.8 Å². The van der Waals surface area contributed by atoms with Crippen molar-refractivity contribution in [1.29, 1.82) is 0 Å². The number of hydrogen-bond acceptors (Lipinski definition) is 3. The molecule has 4 heteroatoms. The van der Waals surface area contributed by atoms with Gasteiger partial charge in [-0.2, -0.15) is 0 Å². The van der Waals surface area contributed by atoms with Crippen LogP contribution in [-0.2, 0) is 11.2 Å². The summed E-state index contributed by atoms with van der Waals surface area (Å²) in [5.41, 5.74) is 0. The molecular formula is C17H26N2OS. The fraction of sp³-hybridized carbons (Fsp3) is 0.706.